The van der Waals surface area contributed by atoms with Gasteiger partial charge in [-0.05, 0) is 91.4 Å². The van der Waals surface area contributed by atoms with Crippen LogP contribution in [0.3, 0.4) is 0 Å². The van der Waals surface area contributed by atoms with E-state index in [1.54, 1.807) is 18.3 Å². The van der Waals surface area contributed by atoms with Crippen LogP contribution < -0.4 is 10.2 Å². The quantitative estimate of drug-likeness (QED) is 0.236. The van der Waals surface area contributed by atoms with Crippen molar-refractivity contribution in [3.05, 3.63) is 89.3 Å². The molecule has 0 unspecified atom stereocenters. The SMILES string of the molecule is Cc1ccc(N2C(=O)/C(=C/c3ccc(Sc4cccc5cccnc45)o3)C(=O)NC2=S)cc1C. The first-order chi connectivity index (χ1) is 16.4. The molecule has 1 saturated heterocycles. The second kappa shape index (κ2) is 8.89. The van der Waals surface area contributed by atoms with Crippen LogP contribution in [-0.2, 0) is 9.59 Å². The fourth-order valence-electron chi connectivity index (χ4n) is 3.63. The molecule has 34 heavy (non-hydrogen) atoms. The van der Waals surface area contributed by atoms with Gasteiger partial charge >= 0.3 is 0 Å². The van der Waals surface area contributed by atoms with Crippen LogP contribution in [0.5, 0.6) is 0 Å². The highest BCUT2D eigenvalue weighted by Gasteiger charge is 2.34. The number of furan rings is 1. The first-order valence-corrected chi connectivity index (χ1v) is 11.7. The van der Waals surface area contributed by atoms with E-state index < -0.39 is 11.8 Å². The van der Waals surface area contributed by atoms with Crippen LogP contribution in [-0.4, -0.2) is 21.9 Å². The number of anilines is 1. The summed E-state index contributed by atoms with van der Waals surface area (Å²) < 4.78 is 5.91. The molecule has 2 amide bonds. The Morgan fingerprint density at radius 3 is 2.68 bits per heavy atom. The number of thiocarbonyl (C=S) groups is 1. The third-order valence-corrected chi connectivity index (χ3v) is 6.80. The number of rotatable bonds is 4. The van der Waals surface area contributed by atoms with E-state index in [0.717, 1.165) is 26.9 Å². The largest absolute Gasteiger partial charge is 0.450 e. The van der Waals surface area contributed by atoms with Gasteiger partial charge < -0.3 is 4.42 Å². The molecule has 0 aliphatic carbocycles. The molecule has 0 bridgehead atoms. The number of amides is 2. The van der Waals surface area contributed by atoms with E-state index in [1.165, 1.54) is 22.7 Å². The smallest absolute Gasteiger partial charge is 0.270 e. The number of nitrogens with zero attached hydrogens (tertiary/aromatic N) is 2. The standard InChI is InChI=1S/C26H19N3O3S2/c1-15-8-9-18(13-16(15)2)29-25(31)20(24(30)28-26(29)33)14-19-10-11-22(32-19)34-21-7-3-5-17-6-4-12-27-23(17)21/h3-14H,1-2H3,(H,28,30,33)/b20-14+. The first-order valence-electron chi connectivity index (χ1n) is 10.5. The van der Waals surface area contributed by atoms with Gasteiger partial charge in [0.2, 0.25) is 0 Å². The zero-order valence-corrected chi connectivity index (χ0v) is 20.0. The van der Waals surface area contributed by atoms with Gasteiger partial charge in [-0.3, -0.25) is 24.8 Å². The lowest BCUT2D eigenvalue weighted by Gasteiger charge is -2.29. The maximum Gasteiger partial charge on any atom is 0.270 e. The molecule has 1 fully saturated rings. The number of benzene rings is 2. The highest BCUT2D eigenvalue weighted by molar-refractivity contribution is 7.99. The molecule has 5 rings (SSSR count). The van der Waals surface area contributed by atoms with Crippen LogP contribution in [0.25, 0.3) is 17.0 Å². The summed E-state index contributed by atoms with van der Waals surface area (Å²) in [7, 11) is 0. The number of para-hydroxylation sites is 1. The molecule has 2 aromatic heterocycles. The van der Waals surface area contributed by atoms with Gasteiger partial charge in [0.15, 0.2) is 10.2 Å². The van der Waals surface area contributed by atoms with E-state index in [0.29, 0.717) is 16.5 Å². The number of aryl methyl sites for hydroxylation is 2. The zero-order chi connectivity index (χ0) is 23.8. The average molecular weight is 486 g/mol. The second-order valence-electron chi connectivity index (χ2n) is 7.82. The fourth-order valence-corrected chi connectivity index (χ4v) is 4.82. The van der Waals surface area contributed by atoms with Crippen molar-refractivity contribution in [2.45, 2.75) is 23.8 Å². The Morgan fingerprint density at radius 2 is 1.85 bits per heavy atom. The number of hydrogen-bond donors (Lipinski definition) is 1. The molecule has 1 N–H and O–H groups in total. The average Bonchev–Trinajstić information content (AvgIpc) is 3.26. The number of fused-ring (bicyclic) bond motifs is 1. The van der Waals surface area contributed by atoms with Crippen LogP contribution >= 0.6 is 24.0 Å². The Balaban J connectivity index is 1.43. The van der Waals surface area contributed by atoms with Gasteiger partial charge in [0.05, 0.1) is 11.2 Å². The minimum absolute atomic E-state index is 0.0505. The van der Waals surface area contributed by atoms with Crippen LogP contribution in [0.2, 0.25) is 0 Å². The van der Waals surface area contributed by atoms with Crippen molar-refractivity contribution in [1.29, 1.82) is 0 Å². The molecule has 0 atom stereocenters. The highest BCUT2D eigenvalue weighted by atomic mass is 32.2. The van der Waals surface area contributed by atoms with Gasteiger partial charge in [-0.2, -0.15) is 0 Å². The third-order valence-electron chi connectivity index (χ3n) is 5.55. The molecule has 4 aromatic rings. The summed E-state index contributed by atoms with van der Waals surface area (Å²) >= 11 is 6.71. The van der Waals surface area contributed by atoms with E-state index in [4.69, 9.17) is 16.6 Å². The zero-order valence-electron chi connectivity index (χ0n) is 18.4. The summed E-state index contributed by atoms with van der Waals surface area (Å²) in [6.07, 6.45) is 3.20. The van der Waals surface area contributed by atoms with Gasteiger partial charge in [0, 0.05) is 16.5 Å². The maximum absolute atomic E-state index is 13.2. The normalized spacial score (nSPS) is 15.3. The minimum Gasteiger partial charge on any atom is -0.450 e. The maximum atomic E-state index is 13.2. The Labute approximate surface area is 205 Å². The van der Waals surface area contributed by atoms with Crippen molar-refractivity contribution >= 4 is 63.6 Å². The summed E-state index contributed by atoms with van der Waals surface area (Å²) in [5.74, 6) is -0.665. The Morgan fingerprint density at radius 1 is 1.03 bits per heavy atom. The van der Waals surface area contributed by atoms with Crippen molar-refractivity contribution in [3.63, 3.8) is 0 Å². The lowest BCUT2D eigenvalue weighted by atomic mass is 10.1. The Hall–Kier alpha value is -3.75. The number of carbonyl (C=O) groups excluding carboxylic acids is 2. The lowest BCUT2D eigenvalue weighted by molar-refractivity contribution is -0.122. The summed E-state index contributed by atoms with van der Waals surface area (Å²) in [5, 5.41) is 4.31. The topological polar surface area (TPSA) is 75.4 Å². The molecular formula is C26H19N3O3S2. The van der Waals surface area contributed by atoms with E-state index in [9.17, 15) is 9.59 Å². The number of aromatic nitrogens is 1. The number of pyridine rings is 1. The van der Waals surface area contributed by atoms with Crippen molar-refractivity contribution in [3.8, 4) is 0 Å². The number of nitrogens with one attached hydrogen (secondary N) is 1. The van der Waals surface area contributed by atoms with Crippen LogP contribution in [0, 0.1) is 13.8 Å². The fraction of sp³-hybridized carbons (Fsp3) is 0.0769. The van der Waals surface area contributed by atoms with E-state index >= 15 is 0 Å². The van der Waals surface area contributed by atoms with E-state index in [1.807, 2.05) is 62.4 Å². The first kappa shape index (κ1) is 22.1. The van der Waals surface area contributed by atoms with Crippen LogP contribution in [0.15, 0.2) is 86.8 Å². The minimum atomic E-state index is -0.557. The van der Waals surface area contributed by atoms with E-state index in [2.05, 4.69) is 10.3 Å². The predicted octanol–water partition coefficient (Wildman–Crippen LogP) is 5.43. The molecule has 0 saturated carbocycles. The van der Waals surface area contributed by atoms with Gasteiger partial charge in [-0.1, -0.05) is 24.3 Å². The predicted molar refractivity (Wildman–Crippen MR) is 137 cm³/mol. The molecule has 0 spiro atoms. The molecule has 168 valence electrons. The molecule has 0 radical (unpaired) electrons. The van der Waals surface area contributed by atoms with Crippen molar-refractivity contribution in [2.24, 2.45) is 0 Å². The molecule has 8 heteroatoms. The van der Waals surface area contributed by atoms with Gasteiger partial charge in [-0.25, -0.2) is 0 Å². The van der Waals surface area contributed by atoms with Crippen LogP contribution in [0.1, 0.15) is 16.9 Å². The monoisotopic (exact) mass is 485 g/mol. The molecule has 1 aliphatic rings. The van der Waals surface area contributed by atoms with Gasteiger partial charge in [0.25, 0.3) is 11.8 Å². The molecular weight excluding hydrogens is 466 g/mol. The highest BCUT2D eigenvalue weighted by Crippen LogP contribution is 2.34. The van der Waals surface area contributed by atoms with E-state index in [-0.39, 0.29) is 10.7 Å². The third kappa shape index (κ3) is 4.13. The second-order valence-corrected chi connectivity index (χ2v) is 9.25. The van der Waals surface area contributed by atoms with Gasteiger partial charge in [-0.15, -0.1) is 0 Å². The molecule has 1 aliphatic heterocycles. The van der Waals surface area contributed by atoms with Crippen LogP contribution in [0.4, 0.5) is 5.69 Å². The molecule has 6 nitrogen and oxygen atoms in total. The summed E-state index contributed by atoms with van der Waals surface area (Å²) in [6, 6.07) is 19.0. The Kier molecular flexibility index (Phi) is 5.77. The Bertz CT molecular complexity index is 1500. The van der Waals surface area contributed by atoms with Crippen molar-refractivity contribution in [2.75, 3.05) is 4.90 Å². The van der Waals surface area contributed by atoms with Crippen molar-refractivity contribution < 1.29 is 14.0 Å². The summed E-state index contributed by atoms with van der Waals surface area (Å²) in [6.45, 7) is 3.95. The number of carbonyl (C=O) groups is 2. The summed E-state index contributed by atoms with van der Waals surface area (Å²) in [4.78, 5) is 32.6. The lowest BCUT2D eigenvalue weighted by Crippen LogP contribution is -2.54. The number of hydrogen-bond acceptors (Lipinski definition) is 6. The van der Waals surface area contributed by atoms with Gasteiger partial charge in [0.1, 0.15) is 11.3 Å². The van der Waals surface area contributed by atoms with Crippen molar-refractivity contribution in [1.82, 2.24) is 10.3 Å². The summed E-state index contributed by atoms with van der Waals surface area (Å²) in [5.41, 5.74) is 3.55. The molecule has 3 heterocycles. The molecule has 2 aromatic carbocycles.